The number of aryl methyl sites for hydroxylation is 1. The maximum Gasteiger partial charge on any atom is 0.163 e. The Morgan fingerprint density at radius 1 is 1.19 bits per heavy atom. The second kappa shape index (κ2) is 7.18. The maximum absolute atomic E-state index is 6.09. The molecule has 118 valence electrons. The first-order chi connectivity index (χ1) is 10.2. The lowest BCUT2D eigenvalue weighted by Crippen LogP contribution is -2.38. The van der Waals surface area contributed by atoms with Crippen molar-refractivity contribution in [2.24, 2.45) is 0 Å². The second-order valence-corrected chi connectivity index (χ2v) is 5.38. The molecule has 0 bridgehead atoms. The Labute approximate surface area is 127 Å². The summed E-state index contributed by atoms with van der Waals surface area (Å²) < 4.78 is 11.6. The lowest BCUT2D eigenvalue weighted by molar-refractivity contribution is -0.117. The van der Waals surface area contributed by atoms with Crippen molar-refractivity contribution >= 4 is 5.82 Å². The van der Waals surface area contributed by atoms with Gasteiger partial charge in [-0.15, -0.1) is 0 Å². The molecule has 0 aliphatic carbocycles. The van der Waals surface area contributed by atoms with Crippen molar-refractivity contribution in [2.45, 2.75) is 52.6 Å². The Morgan fingerprint density at radius 2 is 1.90 bits per heavy atom. The minimum atomic E-state index is -0.395. The van der Waals surface area contributed by atoms with E-state index in [0.717, 1.165) is 43.1 Å². The van der Waals surface area contributed by atoms with E-state index in [1.165, 1.54) is 5.56 Å². The van der Waals surface area contributed by atoms with Crippen LogP contribution in [0.1, 0.15) is 50.7 Å². The van der Waals surface area contributed by atoms with Crippen molar-refractivity contribution in [3.8, 4) is 0 Å². The predicted octanol–water partition coefficient (Wildman–Crippen LogP) is 2.82. The average molecular weight is 293 g/mol. The Balaban J connectivity index is 2.45. The van der Waals surface area contributed by atoms with Gasteiger partial charge in [-0.1, -0.05) is 6.92 Å². The molecule has 0 atom stereocenters. The predicted molar refractivity (Wildman–Crippen MR) is 83.7 cm³/mol. The molecule has 1 aromatic rings. The van der Waals surface area contributed by atoms with Gasteiger partial charge in [0.25, 0.3) is 0 Å². The van der Waals surface area contributed by atoms with Gasteiger partial charge in [0.1, 0.15) is 11.4 Å². The standard InChI is InChI=1S/C16H27N3O2/c1-5-13-12(4)18-15(19-14(13)17-6-2)16(21-7-3)8-10-20-11-9-16/h5-11H2,1-4H3,(H,17,18,19). The summed E-state index contributed by atoms with van der Waals surface area (Å²) in [5, 5.41) is 3.37. The van der Waals surface area contributed by atoms with Gasteiger partial charge in [-0.05, 0) is 27.2 Å². The highest BCUT2D eigenvalue weighted by Crippen LogP contribution is 2.35. The van der Waals surface area contributed by atoms with Gasteiger partial charge in [0.15, 0.2) is 5.82 Å². The normalized spacial score (nSPS) is 17.7. The molecule has 0 amide bonds. The number of hydrogen-bond acceptors (Lipinski definition) is 5. The topological polar surface area (TPSA) is 56.3 Å². The number of ether oxygens (including phenoxy) is 2. The van der Waals surface area contributed by atoms with Gasteiger partial charge in [-0.25, -0.2) is 9.97 Å². The highest BCUT2D eigenvalue weighted by molar-refractivity contribution is 5.47. The van der Waals surface area contributed by atoms with Gasteiger partial charge in [-0.2, -0.15) is 0 Å². The van der Waals surface area contributed by atoms with Gasteiger partial charge in [0, 0.05) is 50.5 Å². The Hall–Kier alpha value is -1.20. The van der Waals surface area contributed by atoms with Crippen LogP contribution in [0, 0.1) is 6.92 Å². The molecule has 1 saturated heterocycles. The zero-order valence-corrected chi connectivity index (χ0v) is 13.7. The fourth-order valence-corrected chi connectivity index (χ4v) is 2.95. The van der Waals surface area contributed by atoms with Crippen LogP contribution in [0.4, 0.5) is 5.82 Å². The number of hydrogen-bond donors (Lipinski definition) is 1. The largest absolute Gasteiger partial charge is 0.381 e. The van der Waals surface area contributed by atoms with Crippen LogP contribution in [0.5, 0.6) is 0 Å². The van der Waals surface area contributed by atoms with Crippen molar-refractivity contribution in [2.75, 3.05) is 31.7 Å². The lowest BCUT2D eigenvalue weighted by atomic mass is 9.92. The molecule has 5 heteroatoms. The molecule has 1 aliphatic heterocycles. The van der Waals surface area contributed by atoms with Crippen LogP contribution < -0.4 is 5.32 Å². The lowest BCUT2D eigenvalue weighted by Gasteiger charge is -2.36. The Kier molecular flexibility index (Phi) is 5.53. The molecule has 1 aliphatic rings. The zero-order valence-electron chi connectivity index (χ0n) is 13.7. The van der Waals surface area contributed by atoms with Crippen molar-refractivity contribution in [3.05, 3.63) is 17.1 Å². The van der Waals surface area contributed by atoms with Crippen molar-refractivity contribution in [1.82, 2.24) is 9.97 Å². The molecule has 21 heavy (non-hydrogen) atoms. The van der Waals surface area contributed by atoms with E-state index in [0.29, 0.717) is 19.8 Å². The molecule has 1 aromatic heterocycles. The van der Waals surface area contributed by atoms with Crippen LogP contribution in [0.3, 0.4) is 0 Å². The third kappa shape index (κ3) is 3.35. The van der Waals surface area contributed by atoms with Crippen LogP contribution in [0.2, 0.25) is 0 Å². The van der Waals surface area contributed by atoms with Gasteiger partial charge in [0.2, 0.25) is 0 Å². The molecular formula is C16H27N3O2. The summed E-state index contributed by atoms with van der Waals surface area (Å²) in [5.41, 5.74) is 1.84. The van der Waals surface area contributed by atoms with E-state index in [1.54, 1.807) is 0 Å². The van der Waals surface area contributed by atoms with Crippen LogP contribution in [0.25, 0.3) is 0 Å². The summed E-state index contributed by atoms with van der Waals surface area (Å²) in [7, 11) is 0. The molecule has 0 aromatic carbocycles. The number of aromatic nitrogens is 2. The minimum Gasteiger partial charge on any atom is -0.381 e. The monoisotopic (exact) mass is 293 g/mol. The highest BCUT2D eigenvalue weighted by atomic mass is 16.5. The summed E-state index contributed by atoms with van der Waals surface area (Å²) >= 11 is 0. The van der Waals surface area contributed by atoms with Gasteiger partial charge in [-0.3, -0.25) is 0 Å². The molecular weight excluding hydrogens is 266 g/mol. The molecule has 5 nitrogen and oxygen atoms in total. The van der Waals surface area contributed by atoms with Gasteiger partial charge < -0.3 is 14.8 Å². The molecule has 0 saturated carbocycles. The summed E-state index contributed by atoms with van der Waals surface area (Å²) in [6, 6.07) is 0. The van der Waals surface area contributed by atoms with E-state index in [1.807, 2.05) is 6.92 Å². The summed E-state index contributed by atoms with van der Waals surface area (Å²) in [6.07, 6.45) is 2.56. The quantitative estimate of drug-likeness (QED) is 0.874. The number of anilines is 1. The van der Waals surface area contributed by atoms with E-state index in [2.05, 4.69) is 26.1 Å². The first kappa shape index (κ1) is 16.2. The zero-order chi connectivity index (χ0) is 15.3. The van der Waals surface area contributed by atoms with E-state index >= 15 is 0 Å². The van der Waals surface area contributed by atoms with E-state index in [9.17, 15) is 0 Å². The number of nitrogens with one attached hydrogen (secondary N) is 1. The first-order valence-corrected chi connectivity index (χ1v) is 8.00. The number of rotatable bonds is 6. The van der Waals surface area contributed by atoms with Crippen molar-refractivity contribution < 1.29 is 9.47 Å². The molecule has 1 N–H and O–H groups in total. The Morgan fingerprint density at radius 3 is 2.48 bits per heavy atom. The van der Waals surface area contributed by atoms with E-state index in [-0.39, 0.29) is 0 Å². The average Bonchev–Trinajstić information content (AvgIpc) is 2.48. The van der Waals surface area contributed by atoms with Crippen LogP contribution in [0.15, 0.2) is 0 Å². The molecule has 1 fully saturated rings. The Bertz CT molecular complexity index is 465. The third-order valence-electron chi connectivity index (χ3n) is 4.04. The highest BCUT2D eigenvalue weighted by Gasteiger charge is 2.38. The summed E-state index contributed by atoms with van der Waals surface area (Å²) in [4.78, 5) is 9.58. The first-order valence-electron chi connectivity index (χ1n) is 8.00. The fourth-order valence-electron chi connectivity index (χ4n) is 2.95. The molecule has 2 heterocycles. The molecule has 0 radical (unpaired) electrons. The smallest absolute Gasteiger partial charge is 0.163 e. The fraction of sp³-hybridized carbons (Fsp3) is 0.750. The molecule has 0 spiro atoms. The van der Waals surface area contributed by atoms with Crippen LogP contribution in [-0.2, 0) is 21.5 Å². The summed E-state index contributed by atoms with van der Waals surface area (Å²) in [5.74, 6) is 1.76. The molecule has 2 rings (SSSR count). The van der Waals surface area contributed by atoms with Crippen molar-refractivity contribution in [3.63, 3.8) is 0 Å². The third-order valence-corrected chi connectivity index (χ3v) is 4.04. The van der Waals surface area contributed by atoms with Gasteiger partial charge in [0.05, 0.1) is 0 Å². The SMILES string of the molecule is CCNc1nc(C2(OCC)CCOCC2)nc(C)c1CC. The van der Waals surface area contributed by atoms with E-state index < -0.39 is 5.60 Å². The van der Waals surface area contributed by atoms with Gasteiger partial charge >= 0.3 is 0 Å². The summed E-state index contributed by atoms with van der Waals surface area (Å²) in [6.45, 7) is 11.2. The van der Waals surface area contributed by atoms with E-state index in [4.69, 9.17) is 19.4 Å². The van der Waals surface area contributed by atoms with Crippen LogP contribution in [-0.4, -0.2) is 36.3 Å². The number of nitrogens with zero attached hydrogens (tertiary/aromatic N) is 2. The van der Waals surface area contributed by atoms with Crippen molar-refractivity contribution in [1.29, 1.82) is 0 Å². The van der Waals surface area contributed by atoms with Crippen LogP contribution >= 0.6 is 0 Å². The minimum absolute atomic E-state index is 0.395. The molecule has 0 unspecified atom stereocenters. The maximum atomic E-state index is 6.09. The second-order valence-electron chi connectivity index (χ2n) is 5.38.